The summed E-state index contributed by atoms with van der Waals surface area (Å²) in [5.74, 6) is -1.23. The number of carbonyl (C=O) groups excluding carboxylic acids is 4. The fourth-order valence-corrected chi connectivity index (χ4v) is 5.60. The minimum atomic E-state index is -1.07. The Bertz CT molecular complexity index is 1540. The fraction of sp³-hybridized carbons (Fsp3) is 0.486. The molecule has 2 aliphatic rings. The van der Waals surface area contributed by atoms with E-state index in [4.69, 9.17) is 14.0 Å². The van der Waals surface area contributed by atoms with Crippen LogP contribution in [0.4, 0.5) is 0 Å². The zero-order valence-electron chi connectivity index (χ0n) is 27.6. The number of nitrogens with one attached hydrogen (secondary N) is 3. The van der Waals surface area contributed by atoms with Gasteiger partial charge in [-0.25, -0.2) is 0 Å². The second-order valence-electron chi connectivity index (χ2n) is 13.0. The van der Waals surface area contributed by atoms with Crippen LogP contribution >= 0.6 is 0 Å². The average Bonchev–Trinajstić information content (AvgIpc) is 3.66. The number of carbonyl (C=O) groups is 4. The molecule has 1 aromatic carbocycles. The van der Waals surface area contributed by atoms with Crippen LogP contribution in [0.25, 0.3) is 0 Å². The van der Waals surface area contributed by atoms with E-state index in [0.29, 0.717) is 38.5 Å². The van der Waals surface area contributed by atoms with Crippen molar-refractivity contribution in [3.63, 3.8) is 0 Å². The smallest absolute Gasteiger partial charge is 0.274 e. The van der Waals surface area contributed by atoms with Crippen molar-refractivity contribution >= 4 is 23.5 Å². The minimum Gasteiger partial charge on any atom is -0.379 e. The number of morpholine rings is 1. The molecule has 13 heteroatoms. The van der Waals surface area contributed by atoms with Gasteiger partial charge in [0.15, 0.2) is 17.2 Å². The third-order valence-corrected chi connectivity index (χ3v) is 8.44. The first kappa shape index (κ1) is 34.9. The van der Waals surface area contributed by atoms with Crippen molar-refractivity contribution in [1.82, 2.24) is 31.0 Å². The molecule has 0 saturated carbocycles. The van der Waals surface area contributed by atoms with Crippen LogP contribution < -0.4 is 16.0 Å². The van der Waals surface area contributed by atoms with Crippen LogP contribution in [0.2, 0.25) is 0 Å². The lowest BCUT2D eigenvalue weighted by Crippen LogP contribution is -2.57. The highest BCUT2D eigenvalue weighted by Crippen LogP contribution is 2.29. The van der Waals surface area contributed by atoms with Gasteiger partial charge in [-0.2, -0.15) is 0 Å². The summed E-state index contributed by atoms with van der Waals surface area (Å²) in [6.45, 7) is 9.17. The molecule has 4 heterocycles. The Morgan fingerprint density at radius 1 is 0.875 bits per heavy atom. The van der Waals surface area contributed by atoms with E-state index in [-0.39, 0.29) is 30.2 Å². The van der Waals surface area contributed by atoms with Crippen LogP contribution in [0, 0.1) is 5.92 Å². The minimum absolute atomic E-state index is 0.0372. The number of amides is 3. The first-order valence-electron chi connectivity index (χ1n) is 16.4. The van der Waals surface area contributed by atoms with Gasteiger partial charge in [0.25, 0.3) is 5.91 Å². The Hall–Kier alpha value is -4.46. The molecule has 3 aromatic rings. The number of rotatable bonds is 16. The van der Waals surface area contributed by atoms with Crippen LogP contribution in [-0.2, 0) is 43.2 Å². The summed E-state index contributed by atoms with van der Waals surface area (Å²) in [6.07, 6.45) is 3.91. The molecule has 3 amide bonds. The van der Waals surface area contributed by atoms with Crippen LogP contribution in [0.5, 0.6) is 0 Å². The molecule has 2 aliphatic heterocycles. The lowest BCUT2D eigenvalue weighted by Gasteiger charge is -2.26. The molecule has 2 saturated heterocycles. The molecule has 0 radical (unpaired) electrons. The number of ether oxygens (including phenoxy) is 2. The maximum Gasteiger partial charge on any atom is 0.274 e. The van der Waals surface area contributed by atoms with Crippen LogP contribution in [0.3, 0.4) is 0 Å². The predicted molar refractivity (Wildman–Crippen MR) is 175 cm³/mol. The Morgan fingerprint density at radius 2 is 1.48 bits per heavy atom. The molecule has 13 nitrogen and oxygen atoms in total. The third-order valence-electron chi connectivity index (χ3n) is 8.44. The van der Waals surface area contributed by atoms with E-state index in [0.717, 1.165) is 24.2 Å². The van der Waals surface area contributed by atoms with Crippen LogP contribution in [-0.4, -0.2) is 95.2 Å². The van der Waals surface area contributed by atoms with Crippen molar-refractivity contribution in [2.75, 3.05) is 32.9 Å². The lowest BCUT2D eigenvalue weighted by molar-refractivity contribution is -0.133. The van der Waals surface area contributed by atoms with Crippen molar-refractivity contribution in [2.24, 2.45) is 5.92 Å². The van der Waals surface area contributed by atoms with Gasteiger partial charge < -0.3 is 29.9 Å². The maximum absolute atomic E-state index is 14.0. The number of pyridine rings is 1. The summed E-state index contributed by atoms with van der Waals surface area (Å²) < 4.78 is 16.2. The SMILES string of the molecule is CC(C)CC(NC(=O)C(Cc1ccccc1)NC(=O)C(Cc1ccncc1)NC(=O)c1cc(CN2CCOCC2)on1)C(=O)C1(C)CO1. The van der Waals surface area contributed by atoms with E-state index in [1.165, 1.54) is 0 Å². The summed E-state index contributed by atoms with van der Waals surface area (Å²) in [7, 11) is 0. The molecule has 256 valence electrons. The number of epoxide rings is 1. The van der Waals surface area contributed by atoms with Crippen molar-refractivity contribution in [2.45, 2.75) is 70.3 Å². The second-order valence-corrected chi connectivity index (χ2v) is 13.0. The third kappa shape index (κ3) is 9.78. The van der Waals surface area contributed by atoms with Gasteiger partial charge in [0.2, 0.25) is 11.8 Å². The monoisotopic (exact) mass is 660 g/mol. The molecule has 0 spiro atoms. The molecule has 0 bridgehead atoms. The average molecular weight is 661 g/mol. The molecule has 3 N–H and O–H groups in total. The number of aromatic nitrogens is 2. The molecule has 48 heavy (non-hydrogen) atoms. The van der Waals surface area contributed by atoms with E-state index in [9.17, 15) is 19.2 Å². The van der Waals surface area contributed by atoms with E-state index in [1.807, 2.05) is 44.2 Å². The number of nitrogens with zero attached hydrogens (tertiary/aromatic N) is 3. The van der Waals surface area contributed by atoms with Crippen molar-refractivity contribution < 1.29 is 33.2 Å². The number of benzene rings is 1. The number of Topliss-reactive ketones (excluding diaryl/α,β-unsaturated/α-hetero) is 1. The maximum atomic E-state index is 14.0. The number of ketones is 1. The van der Waals surface area contributed by atoms with E-state index >= 15 is 0 Å². The largest absolute Gasteiger partial charge is 0.379 e. The molecular formula is C35H44N6O7. The molecule has 4 unspecified atom stereocenters. The molecular weight excluding hydrogens is 616 g/mol. The first-order chi connectivity index (χ1) is 23.1. The standard InChI is InChI=1S/C35H44N6O7/c1-23(2)17-27(31(42)35(3)22-47-35)37-32(43)28(18-24-7-5-4-6-8-24)38-33(44)29(19-25-9-11-36-12-10-25)39-34(45)30-20-26(48-40-30)21-41-13-15-46-16-14-41/h4-12,20,23,27-29H,13-19,21-22H2,1-3H3,(H,37,43)(H,38,44)(H,39,45). The zero-order chi connectivity index (χ0) is 34.1. The Morgan fingerprint density at radius 3 is 2.10 bits per heavy atom. The van der Waals surface area contributed by atoms with Gasteiger partial charge in [-0.3, -0.25) is 29.1 Å². The summed E-state index contributed by atoms with van der Waals surface area (Å²) in [5.41, 5.74) is 0.680. The lowest BCUT2D eigenvalue weighted by atomic mass is 9.93. The molecule has 5 rings (SSSR count). The summed E-state index contributed by atoms with van der Waals surface area (Å²) in [6, 6.07) is 11.4. The highest BCUT2D eigenvalue weighted by molar-refractivity contribution is 5.99. The first-order valence-corrected chi connectivity index (χ1v) is 16.4. The van der Waals surface area contributed by atoms with Gasteiger partial charge in [0.05, 0.1) is 32.4 Å². The highest BCUT2D eigenvalue weighted by Gasteiger charge is 2.50. The molecule has 2 aromatic heterocycles. The highest BCUT2D eigenvalue weighted by atomic mass is 16.6. The quantitative estimate of drug-likeness (QED) is 0.193. The molecule has 2 fully saturated rings. The topological polar surface area (TPSA) is 168 Å². The molecule has 0 aliphatic carbocycles. The van der Waals surface area contributed by atoms with E-state index in [2.05, 4.69) is 31.0 Å². The normalized spacial score (nSPS) is 19.6. The zero-order valence-corrected chi connectivity index (χ0v) is 27.6. The van der Waals surface area contributed by atoms with Crippen molar-refractivity contribution in [3.8, 4) is 0 Å². The molecule has 4 atom stereocenters. The predicted octanol–water partition coefficient (Wildman–Crippen LogP) is 1.86. The fourth-order valence-electron chi connectivity index (χ4n) is 5.60. The summed E-state index contributed by atoms with van der Waals surface area (Å²) in [4.78, 5) is 60.7. The summed E-state index contributed by atoms with van der Waals surface area (Å²) >= 11 is 0. The van der Waals surface area contributed by atoms with Crippen LogP contribution in [0.1, 0.15) is 54.6 Å². The van der Waals surface area contributed by atoms with E-state index in [1.54, 1.807) is 37.5 Å². The Kier molecular flexibility index (Phi) is 11.7. The second kappa shape index (κ2) is 16.1. The van der Waals surface area contributed by atoms with Gasteiger partial charge in [0, 0.05) is 44.4 Å². The summed E-state index contributed by atoms with van der Waals surface area (Å²) in [5, 5.41) is 12.5. The van der Waals surface area contributed by atoms with Gasteiger partial charge >= 0.3 is 0 Å². The number of hydrogen-bond acceptors (Lipinski definition) is 10. The van der Waals surface area contributed by atoms with Crippen molar-refractivity contribution in [1.29, 1.82) is 0 Å². The van der Waals surface area contributed by atoms with Gasteiger partial charge in [0.1, 0.15) is 17.7 Å². The van der Waals surface area contributed by atoms with Crippen LogP contribution in [0.15, 0.2) is 65.4 Å². The van der Waals surface area contributed by atoms with Gasteiger partial charge in [-0.15, -0.1) is 0 Å². The number of hydrogen-bond donors (Lipinski definition) is 3. The Balaban J connectivity index is 1.33. The van der Waals surface area contributed by atoms with Gasteiger partial charge in [-0.05, 0) is 42.5 Å². The Labute approximate surface area is 280 Å². The van der Waals surface area contributed by atoms with Crippen molar-refractivity contribution in [3.05, 3.63) is 83.5 Å². The van der Waals surface area contributed by atoms with E-state index < -0.39 is 41.4 Å². The van der Waals surface area contributed by atoms with Gasteiger partial charge in [-0.1, -0.05) is 49.3 Å².